The number of rotatable bonds is 5. The van der Waals surface area contributed by atoms with Gasteiger partial charge in [0.25, 0.3) is 0 Å². The summed E-state index contributed by atoms with van der Waals surface area (Å²) >= 11 is 1.98. The molecule has 1 heterocycles. The smallest absolute Gasteiger partial charge is 0.0352 e. The summed E-state index contributed by atoms with van der Waals surface area (Å²) in [5, 5.41) is 6.77. The Bertz CT molecular complexity index is 890. The fraction of sp³-hybridized carbons (Fsp3) is 0.273. The molecule has 116 valence electrons. The maximum atomic E-state index is 2.40. The van der Waals surface area contributed by atoms with Gasteiger partial charge in [0.05, 0.1) is 0 Å². The van der Waals surface area contributed by atoms with E-state index in [1.165, 1.54) is 68.6 Å². The molecule has 23 heavy (non-hydrogen) atoms. The summed E-state index contributed by atoms with van der Waals surface area (Å²) in [4.78, 5) is 1.54. The highest BCUT2D eigenvalue weighted by Crippen LogP contribution is 2.32. The van der Waals surface area contributed by atoms with E-state index in [0.717, 1.165) is 0 Å². The molecule has 4 rings (SSSR count). The molecule has 0 radical (unpaired) electrons. The van der Waals surface area contributed by atoms with Gasteiger partial charge in [-0.2, -0.15) is 0 Å². The molecule has 3 aromatic carbocycles. The van der Waals surface area contributed by atoms with Crippen LogP contribution in [0.5, 0.6) is 0 Å². The van der Waals surface area contributed by atoms with Gasteiger partial charge >= 0.3 is 0 Å². The van der Waals surface area contributed by atoms with Crippen LogP contribution in [-0.4, -0.2) is 0 Å². The molecule has 0 unspecified atom stereocenters. The molecule has 0 fully saturated rings. The van der Waals surface area contributed by atoms with Crippen molar-refractivity contribution in [2.24, 2.45) is 0 Å². The van der Waals surface area contributed by atoms with Crippen LogP contribution in [0.4, 0.5) is 0 Å². The van der Waals surface area contributed by atoms with E-state index in [2.05, 4.69) is 61.5 Å². The molecule has 1 heteroatoms. The molecule has 0 aliphatic rings. The summed E-state index contributed by atoms with van der Waals surface area (Å²) in [6.45, 7) is 2.27. The van der Waals surface area contributed by atoms with Gasteiger partial charge in [-0.25, -0.2) is 0 Å². The van der Waals surface area contributed by atoms with Gasteiger partial charge in [0.1, 0.15) is 0 Å². The quantitative estimate of drug-likeness (QED) is 0.267. The summed E-state index contributed by atoms with van der Waals surface area (Å²) in [6, 6.07) is 20.4. The fourth-order valence-electron chi connectivity index (χ4n) is 3.38. The van der Waals surface area contributed by atoms with Crippen molar-refractivity contribution < 1.29 is 0 Å². The maximum Gasteiger partial charge on any atom is 0.0352 e. The third-order valence-electron chi connectivity index (χ3n) is 4.67. The van der Waals surface area contributed by atoms with Gasteiger partial charge in [0.2, 0.25) is 0 Å². The molecule has 0 aliphatic carbocycles. The summed E-state index contributed by atoms with van der Waals surface area (Å²) in [5.41, 5.74) is 0. The highest BCUT2D eigenvalue weighted by atomic mass is 32.1. The van der Waals surface area contributed by atoms with Gasteiger partial charge in [0.15, 0.2) is 0 Å². The second-order valence-corrected chi connectivity index (χ2v) is 7.63. The lowest BCUT2D eigenvalue weighted by molar-refractivity contribution is 0.670. The van der Waals surface area contributed by atoms with Crippen LogP contribution in [0, 0.1) is 0 Å². The SMILES string of the molecule is CCCCCCc1cc2cc3cc4ccccc4cc3cc2s1. The zero-order valence-corrected chi connectivity index (χ0v) is 14.5. The molecular weight excluding hydrogens is 296 g/mol. The van der Waals surface area contributed by atoms with Crippen LogP contribution in [0.1, 0.15) is 37.5 Å². The Morgan fingerprint density at radius 1 is 0.696 bits per heavy atom. The van der Waals surface area contributed by atoms with Crippen molar-refractivity contribution in [1.29, 1.82) is 0 Å². The number of aryl methyl sites for hydroxylation is 1. The van der Waals surface area contributed by atoms with Gasteiger partial charge in [-0.1, -0.05) is 50.5 Å². The summed E-state index contributed by atoms with van der Waals surface area (Å²) in [7, 11) is 0. The summed E-state index contributed by atoms with van der Waals surface area (Å²) in [6.07, 6.45) is 6.59. The maximum absolute atomic E-state index is 2.40. The van der Waals surface area contributed by atoms with Crippen LogP contribution in [0.15, 0.2) is 54.6 Å². The Morgan fingerprint density at radius 3 is 2.13 bits per heavy atom. The number of fused-ring (bicyclic) bond motifs is 3. The molecule has 0 bridgehead atoms. The van der Waals surface area contributed by atoms with E-state index in [1.807, 2.05) is 11.3 Å². The number of hydrogen-bond donors (Lipinski definition) is 0. The molecule has 0 saturated heterocycles. The molecular formula is C22H22S. The first-order valence-corrected chi connectivity index (χ1v) is 9.50. The first-order valence-electron chi connectivity index (χ1n) is 8.68. The largest absolute Gasteiger partial charge is 0.140 e. The third-order valence-corrected chi connectivity index (χ3v) is 5.83. The van der Waals surface area contributed by atoms with E-state index in [4.69, 9.17) is 0 Å². The summed E-state index contributed by atoms with van der Waals surface area (Å²) < 4.78 is 1.43. The summed E-state index contributed by atoms with van der Waals surface area (Å²) in [5.74, 6) is 0. The van der Waals surface area contributed by atoms with Gasteiger partial charge in [-0.05, 0) is 70.1 Å². The van der Waals surface area contributed by atoms with Crippen LogP contribution in [0.2, 0.25) is 0 Å². The molecule has 0 nitrogen and oxygen atoms in total. The number of benzene rings is 3. The van der Waals surface area contributed by atoms with Crippen LogP contribution < -0.4 is 0 Å². The molecule has 0 saturated carbocycles. The van der Waals surface area contributed by atoms with Crippen molar-refractivity contribution in [3.8, 4) is 0 Å². The van der Waals surface area contributed by atoms with Crippen molar-refractivity contribution in [2.75, 3.05) is 0 Å². The van der Waals surface area contributed by atoms with Crippen LogP contribution in [-0.2, 0) is 6.42 Å². The van der Waals surface area contributed by atoms with Gasteiger partial charge in [-0.15, -0.1) is 11.3 Å². The lowest BCUT2D eigenvalue weighted by Crippen LogP contribution is -1.80. The molecule has 1 aromatic heterocycles. The monoisotopic (exact) mass is 318 g/mol. The van der Waals surface area contributed by atoms with Gasteiger partial charge in [-0.3, -0.25) is 0 Å². The average molecular weight is 318 g/mol. The van der Waals surface area contributed by atoms with E-state index in [1.54, 1.807) is 0 Å². The standard InChI is InChI=1S/C22H22S/c1-2-3-4-5-10-21-14-20-13-18-11-16-8-6-7-9-17(16)12-19(18)15-22(20)23-21/h6-9,11-15H,2-5,10H2,1H3. The Morgan fingerprint density at radius 2 is 1.39 bits per heavy atom. The molecule has 0 N–H and O–H groups in total. The predicted molar refractivity (Wildman–Crippen MR) is 105 cm³/mol. The van der Waals surface area contributed by atoms with Crippen molar-refractivity contribution in [1.82, 2.24) is 0 Å². The van der Waals surface area contributed by atoms with Crippen molar-refractivity contribution in [3.05, 3.63) is 59.5 Å². The molecule has 0 atom stereocenters. The Labute approximate surface area is 141 Å². The van der Waals surface area contributed by atoms with E-state index in [-0.39, 0.29) is 0 Å². The highest BCUT2D eigenvalue weighted by Gasteiger charge is 2.05. The minimum atomic E-state index is 1.23. The van der Waals surface area contributed by atoms with Gasteiger partial charge in [0, 0.05) is 9.58 Å². The van der Waals surface area contributed by atoms with E-state index in [0.29, 0.717) is 0 Å². The van der Waals surface area contributed by atoms with E-state index in [9.17, 15) is 0 Å². The number of unbranched alkanes of at least 4 members (excludes halogenated alkanes) is 3. The topological polar surface area (TPSA) is 0 Å². The average Bonchev–Trinajstić information content (AvgIpc) is 2.96. The van der Waals surface area contributed by atoms with E-state index >= 15 is 0 Å². The second kappa shape index (κ2) is 6.33. The van der Waals surface area contributed by atoms with Gasteiger partial charge < -0.3 is 0 Å². The Balaban J connectivity index is 1.72. The zero-order valence-electron chi connectivity index (χ0n) is 13.6. The molecule has 0 aliphatic heterocycles. The van der Waals surface area contributed by atoms with Crippen LogP contribution >= 0.6 is 11.3 Å². The van der Waals surface area contributed by atoms with Crippen molar-refractivity contribution >= 4 is 43.0 Å². The minimum absolute atomic E-state index is 1.23. The molecule has 0 amide bonds. The first-order chi connectivity index (χ1) is 11.3. The minimum Gasteiger partial charge on any atom is -0.140 e. The van der Waals surface area contributed by atoms with Crippen LogP contribution in [0.25, 0.3) is 31.6 Å². The van der Waals surface area contributed by atoms with Crippen LogP contribution in [0.3, 0.4) is 0 Å². The highest BCUT2D eigenvalue weighted by molar-refractivity contribution is 7.19. The van der Waals surface area contributed by atoms with Crippen molar-refractivity contribution in [2.45, 2.75) is 39.0 Å². The first kappa shape index (κ1) is 14.7. The lowest BCUT2D eigenvalue weighted by Gasteiger charge is -2.02. The molecule has 0 spiro atoms. The zero-order chi connectivity index (χ0) is 15.6. The lowest BCUT2D eigenvalue weighted by atomic mass is 10.0. The number of thiophene rings is 1. The number of hydrogen-bond acceptors (Lipinski definition) is 1. The predicted octanol–water partition coefficient (Wildman–Crippen LogP) is 7.33. The second-order valence-electron chi connectivity index (χ2n) is 6.46. The molecule has 4 aromatic rings. The Hall–Kier alpha value is -1.86. The van der Waals surface area contributed by atoms with E-state index < -0.39 is 0 Å². The van der Waals surface area contributed by atoms with Crippen molar-refractivity contribution in [3.63, 3.8) is 0 Å². The normalized spacial score (nSPS) is 11.7. The fourth-order valence-corrected chi connectivity index (χ4v) is 4.52. The Kier molecular flexibility index (Phi) is 4.05. The third kappa shape index (κ3) is 2.98.